The molecule has 0 saturated heterocycles. The molecular weight excluding hydrogens is 336 g/mol. The van der Waals surface area contributed by atoms with E-state index in [1.807, 2.05) is 0 Å². The molecule has 0 aromatic heterocycles. The lowest BCUT2D eigenvalue weighted by Gasteiger charge is -2.61. The number of fused-ring (bicyclic) bond motifs is 4. The fraction of sp³-hybridized carbons (Fsp3) is 0.929. The molecule has 0 radical (unpaired) electrons. The van der Waals surface area contributed by atoms with Crippen LogP contribution in [0.3, 0.4) is 0 Å². The second-order valence-electron chi connectivity index (χ2n) is 13.0. The molecule has 0 amide bonds. The van der Waals surface area contributed by atoms with Crippen molar-refractivity contribution in [2.75, 3.05) is 0 Å². The first-order chi connectivity index (χ1) is 13.2. The van der Waals surface area contributed by atoms with E-state index in [2.05, 4.69) is 47.6 Å². The average Bonchev–Trinajstić information content (AvgIpc) is 3.15. The zero-order valence-electron chi connectivity index (χ0n) is 19.7. The van der Waals surface area contributed by atoms with Crippen molar-refractivity contribution in [3.8, 4) is 0 Å². The van der Waals surface area contributed by atoms with Crippen LogP contribution < -0.4 is 0 Å². The lowest BCUT2D eigenvalue weighted by molar-refractivity contribution is -0.125. The van der Waals surface area contributed by atoms with Crippen LogP contribution >= 0.6 is 0 Å². The Morgan fingerprint density at radius 3 is 2.54 bits per heavy atom. The topological polar surface area (TPSA) is 0 Å². The molecule has 158 valence electrons. The van der Waals surface area contributed by atoms with Crippen LogP contribution in [0.15, 0.2) is 11.6 Å². The summed E-state index contributed by atoms with van der Waals surface area (Å²) in [6.45, 7) is 15.3. The molecule has 5 unspecified atom stereocenters. The van der Waals surface area contributed by atoms with Gasteiger partial charge in [0.1, 0.15) is 0 Å². The van der Waals surface area contributed by atoms with E-state index in [0.29, 0.717) is 10.8 Å². The Balaban J connectivity index is 1.36. The minimum absolute atomic E-state index is 0.647. The summed E-state index contributed by atoms with van der Waals surface area (Å²) >= 11 is 0. The standard InChI is InChI=1S/C28H46/c1-18(2)8-7-9-19(3)23-10-11-24-22-16-20(4)28-17-21(28)12-15-27(28,6)25(22)13-14-26(23,24)5/h8,19-25H,7,9-17H2,1-6H3/t19-,20-,21-,22?,23?,24?,25?,26-,27-,28?/m1/s1. The second-order valence-corrected chi connectivity index (χ2v) is 13.0. The van der Waals surface area contributed by atoms with Gasteiger partial charge in [0.05, 0.1) is 0 Å². The Bertz CT molecular complexity index is 655. The van der Waals surface area contributed by atoms with E-state index in [1.54, 1.807) is 44.9 Å². The number of rotatable bonds is 4. The molecule has 5 rings (SSSR count). The SMILES string of the molecule is CC(C)=CCC[C@@H](C)C1CCC2C3C[C@@H](C)C45C[C@H]4CC[C@]5(C)C3CC[C@@]21C. The molecule has 10 atom stereocenters. The number of hydrogen-bond acceptors (Lipinski definition) is 0. The maximum Gasteiger partial charge on any atom is -0.0184 e. The van der Waals surface area contributed by atoms with Gasteiger partial charge in [-0.1, -0.05) is 39.3 Å². The highest BCUT2D eigenvalue weighted by atomic mass is 14.8. The third-order valence-electron chi connectivity index (χ3n) is 11.9. The van der Waals surface area contributed by atoms with Gasteiger partial charge < -0.3 is 0 Å². The molecule has 0 heterocycles. The highest BCUT2D eigenvalue weighted by molar-refractivity contribution is 5.24. The fourth-order valence-electron chi connectivity index (χ4n) is 10.6. The predicted molar refractivity (Wildman–Crippen MR) is 120 cm³/mol. The van der Waals surface area contributed by atoms with Gasteiger partial charge in [-0.25, -0.2) is 0 Å². The summed E-state index contributed by atoms with van der Waals surface area (Å²) in [7, 11) is 0. The van der Waals surface area contributed by atoms with E-state index in [9.17, 15) is 0 Å². The van der Waals surface area contributed by atoms with E-state index >= 15 is 0 Å². The Morgan fingerprint density at radius 2 is 1.82 bits per heavy atom. The monoisotopic (exact) mass is 382 g/mol. The highest BCUT2D eigenvalue weighted by Crippen LogP contribution is 2.83. The van der Waals surface area contributed by atoms with Crippen LogP contribution in [0.1, 0.15) is 106 Å². The van der Waals surface area contributed by atoms with Crippen molar-refractivity contribution in [2.24, 2.45) is 57.7 Å². The van der Waals surface area contributed by atoms with E-state index in [0.717, 1.165) is 46.8 Å². The van der Waals surface area contributed by atoms with E-state index < -0.39 is 0 Å². The van der Waals surface area contributed by atoms with Gasteiger partial charge >= 0.3 is 0 Å². The van der Waals surface area contributed by atoms with Crippen LogP contribution in [0.5, 0.6) is 0 Å². The van der Waals surface area contributed by atoms with Crippen LogP contribution in [-0.2, 0) is 0 Å². The molecular formula is C28H46. The van der Waals surface area contributed by atoms with Gasteiger partial charge in [0, 0.05) is 0 Å². The molecule has 28 heavy (non-hydrogen) atoms. The van der Waals surface area contributed by atoms with E-state index in [-0.39, 0.29) is 0 Å². The second kappa shape index (κ2) is 6.37. The molecule has 0 bridgehead atoms. The molecule has 0 N–H and O–H groups in total. The molecule has 5 fully saturated rings. The van der Waals surface area contributed by atoms with Gasteiger partial charge in [-0.2, -0.15) is 0 Å². The van der Waals surface area contributed by atoms with Crippen LogP contribution in [0, 0.1) is 57.7 Å². The molecule has 0 aromatic carbocycles. The predicted octanol–water partition coefficient (Wildman–Crippen LogP) is 8.27. The van der Waals surface area contributed by atoms with Gasteiger partial charge in [0.2, 0.25) is 0 Å². The molecule has 5 saturated carbocycles. The lowest BCUT2D eigenvalue weighted by atomic mass is 9.44. The van der Waals surface area contributed by atoms with Crippen LogP contribution in [0.25, 0.3) is 0 Å². The summed E-state index contributed by atoms with van der Waals surface area (Å²) in [5.41, 5.74) is 3.64. The van der Waals surface area contributed by atoms with E-state index in [1.165, 1.54) is 24.8 Å². The summed E-state index contributed by atoms with van der Waals surface area (Å²) < 4.78 is 0. The van der Waals surface area contributed by atoms with Gasteiger partial charge in [-0.15, -0.1) is 0 Å². The van der Waals surface area contributed by atoms with Gasteiger partial charge in [-0.3, -0.25) is 0 Å². The first kappa shape index (κ1) is 19.7. The number of allylic oxidation sites excluding steroid dienone is 2. The van der Waals surface area contributed by atoms with Crippen LogP contribution in [0.4, 0.5) is 0 Å². The average molecular weight is 383 g/mol. The fourth-order valence-corrected chi connectivity index (χ4v) is 10.6. The summed E-state index contributed by atoms with van der Waals surface area (Å²) in [6, 6.07) is 0. The zero-order valence-corrected chi connectivity index (χ0v) is 19.7. The van der Waals surface area contributed by atoms with Gasteiger partial charge in [-0.05, 0) is 136 Å². The molecule has 0 aromatic rings. The van der Waals surface area contributed by atoms with Crippen molar-refractivity contribution < 1.29 is 0 Å². The van der Waals surface area contributed by atoms with Crippen LogP contribution in [0.2, 0.25) is 0 Å². The molecule has 0 aliphatic heterocycles. The normalized spacial score (nSPS) is 54.9. The first-order valence-corrected chi connectivity index (χ1v) is 12.9. The molecule has 1 spiro atoms. The van der Waals surface area contributed by atoms with Crippen molar-refractivity contribution in [3.63, 3.8) is 0 Å². The Kier molecular flexibility index (Phi) is 4.48. The summed E-state index contributed by atoms with van der Waals surface area (Å²) in [5, 5.41) is 0. The quantitative estimate of drug-likeness (QED) is 0.429. The molecule has 0 nitrogen and oxygen atoms in total. The summed E-state index contributed by atoms with van der Waals surface area (Å²) in [4.78, 5) is 0. The minimum atomic E-state index is 0.647. The summed E-state index contributed by atoms with van der Waals surface area (Å²) in [5.74, 6) is 7.17. The smallest absolute Gasteiger partial charge is 0.0184 e. The molecule has 0 heteroatoms. The Labute approximate surface area is 175 Å². The van der Waals surface area contributed by atoms with Crippen molar-refractivity contribution in [1.29, 1.82) is 0 Å². The van der Waals surface area contributed by atoms with Gasteiger partial charge in [0.15, 0.2) is 0 Å². The maximum atomic E-state index is 2.77. The molecule has 5 aliphatic rings. The number of hydrogen-bond donors (Lipinski definition) is 0. The van der Waals surface area contributed by atoms with Crippen molar-refractivity contribution in [1.82, 2.24) is 0 Å². The Hall–Kier alpha value is -0.260. The van der Waals surface area contributed by atoms with Crippen molar-refractivity contribution >= 4 is 0 Å². The largest absolute Gasteiger partial charge is 0.0859 e. The highest BCUT2D eigenvalue weighted by Gasteiger charge is 2.76. The lowest BCUT2D eigenvalue weighted by Crippen LogP contribution is -2.54. The van der Waals surface area contributed by atoms with Gasteiger partial charge in [0.25, 0.3) is 0 Å². The van der Waals surface area contributed by atoms with Crippen molar-refractivity contribution in [2.45, 2.75) is 106 Å². The Morgan fingerprint density at radius 1 is 1.04 bits per heavy atom. The molecule has 5 aliphatic carbocycles. The zero-order chi connectivity index (χ0) is 19.9. The summed E-state index contributed by atoms with van der Waals surface area (Å²) in [6.07, 6.45) is 17.7. The first-order valence-electron chi connectivity index (χ1n) is 12.9. The van der Waals surface area contributed by atoms with E-state index in [4.69, 9.17) is 0 Å². The third-order valence-corrected chi connectivity index (χ3v) is 11.9. The van der Waals surface area contributed by atoms with Crippen molar-refractivity contribution in [3.05, 3.63) is 11.6 Å². The minimum Gasteiger partial charge on any atom is -0.0859 e. The maximum absolute atomic E-state index is 2.77. The van der Waals surface area contributed by atoms with Crippen LogP contribution in [-0.4, -0.2) is 0 Å². The third kappa shape index (κ3) is 2.42.